The zero-order chi connectivity index (χ0) is 10.7. The smallest absolute Gasteiger partial charge is 0.200 e. The van der Waals surface area contributed by atoms with Gasteiger partial charge in [-0.25, -0.2) is 0 Å². The van der Waals surface area contributed by atoms with Gasteiger partial charge in [-0.1, -0.05) is 30.3 Å². The first-order valence-corrected chi connectivity index (χ1v) is 4.97. The van der Waals surface area contributed by atoms with Crippen molar-refractivity contribution >= 4 is 13.7 Å². The van der Waals surface area contributed by atoms with Gasteiger partial charge in [-0.3, -0.25) is 4.79 Å². The zero-order valence-electron chi connectivity index (χ0n) is 8.35. The summed E-state index contributed by atoms with van der Waals surface area (Å²) in [6, 6.07) is 9.96. The van der Waals surface area contributed by atoms with Crippen LogP contribution in [0.5, 0.6) is 0 Å². The number of carbonyl (C=O) groups excluding carboxylic acids is 1. The Balaban J connectivity index is 1.97. The van der Waals surface area contributed by atoms with Crippen LogP contribution in [0.15, 0.2) is 30.3 Å². The van der Waals surface area contributed by atoms with Crippen molar-refractivity contribution in [3.8, 4) is 0 Å². The number of amides is 1. The van der Waals surface area contributed by atoms with Gasteiger partial charge in [0.05, 0.1) is 12.6 Å². The van der Waals surface area contributed by atoms with E-state index in [0.717, 1.165) is 6.42 Å². The number of ether oxygens (including phenoxy) is 1. The first-order chi connectivity index (χ1) is 7.25. The fraction of sp³-hybridized carbons (Fsp3) is 0.364. The van der Waals surface area contributed by atoms with Gasteiger partial charge in [-0.15, -0.1) is 0 Å². The Morgan fingerprint density at radius 2 is 2.20 bits per heavy atom. The molecule has 0 aliphatic carbocycles. The Kier molecular flexibility index (Phi) is 3.06. The Bertz CT molecular complexity index is 338. The summed E-state index contributed by atoms with van der Waals surface area (Å²) in [6.07, 6.45) is 0.881. The topological polar surface area (TPSA) is 41.6 Å². The van der Waals surface area contributed by atoms with Crippen LogP contribution in [0, 0.1) is 0 Å². The lowest BCUT2D eigenvalue weighted by Crippen LogP contribution is -2.39. The summed E-state index contributed by atoms with van der Waals surface area (Å²) < 4.78 is 5.17. The van der Waals surface area contributed by atoms with Gasteiger partial charge in [-0.05, 0) is 12.0 Å². The standard InChI is InChI=1S/C11H12BNO2/c12-11(14)13-9(10-7-15-10)6-8-4-2-1-3-5-8/h1-5,9-10H,6-7H2,(H,13,14)/t9-,10-/m1/s1. The predicted molar refractivity (Wildman–Crippen MR) is 58.0 cm³/mol. The van der Waals surface area contributed by atoms with Crippen LogP contribution in [0.3, 0.4) is 0 Å². The third-order valence-corrected chi connectivity index (χ3v) is 2.43. The lowest BCUT2D eigenvalue weighted by Gasteiger charge is -2.15. The number of carbonyl (C=O) groups is 1. The van der Waals surface area contributed by atoms with Crippen molar-refractivity contribution < 1.29 is 9.53 Å². The van der Waals surface area contributed by atoms with Crippen LogP contribution in [0.2, 0.25) is 0 Å². The minimum absolute atomic E-state index is 0.00935. The second-order valence-corrected chi connectivity index (χ2v) is 3.68. The molecule has 0 saturated carbocycles. The summed E-state index contributed by atoms with van der Waals surface area (Å²) >= 11 is 0. The van der Waals surface area contributed by atoms with E-state index >= 15 is 0 Å². The normalized spacial score (nSPS) is 20.7. The number of benzene rings is 1. The first-order valence-electron chi connectivity index (χ1n) is 4.97. The molecule has 1 aliphatic heterocycles. The fourth-order valence-electron chi connectivity index (χ4n) is 1.61. The number of hydrogen-bond donors (Lipinski definition) is 1. The lowest BCUT2D eigenvalue weighted by atomic mass is 10.0. The molecule has 3 nitrogen and oxygen atoms in total. The predicted octanol–water partition coefficient (Wildman–Crippen LogP) is 0.875. The van der Waals surface area contributed by atoms with Crippen molar-refractivity contribution in [2.45, 2.75) is 18.6 Å². The van der Waals surface area contributed by atoms with Gasteiger partial charge in [-0.2, -0.15) is 0 Å². The van der Waals surface area contributed by atoms with Crippen molar-refractivity contribution in [1.29, 1.82) is 0 Å². The van der Waals surface area contributed by atoms with E-state index in [9.17, 15) is 4.79 Å². The van der Waals surface area contributed by atoms with Crippen LogP contribution in [-0.4, -0.2) is 32.4 Å². The molecule has 1 aliphatic rings. The van der Waals surface area contributed by atoms with E-state index in [0.29, 0.717) is 6.61 Å². The second-order valence-electron chi connectivity index (χ2n) is 3.68. The van der Waals surface area contributed by atoms with Crippen LogP contribution in [0.4, 0.5) is 4.79 Å². The summed E-state index contributed by atoms with van der Waals surface area (Å²) in [7, 11) is 5.11. The molecule has 0 unspecified atom stereocenters. The van der Waals surface area contributed by atoms with Crippen molar-refractivity contribution in [3.63, 3.8) is 0 Å². The number of nitrogens with one attached hydrogen (secondary N) is 1. The van der Waals surface area contributed by atoms with Crippen LogP contribution in [0.25, 0.3) is 0 Å². The molecule has 1 fully saturated rings. The van der Waals surface area contributed by atoms with E-state index in [4.69, 9.17) is 12.6 Å². The molecule has 2 atom stereocenters. The molecule has 2 rings (SSSR count). The largest absolute Gasteiger partial charge is 0.371 e. The molecule has 1 aromatic rings. The van der Waals surface area contributed by atoms with Crippen LogP contribution in [-0.2, 0) is 11.2 Å². The Hall–Kier alpha value is -1.29. The highest BCUT2D eigenvalue weighted by molar-refractivity contribution is 6.57. The van der Waals surface area contributed by atoms with E-state index in [1.807, 2.05) is 30.3 Å². The van der Waals surface area contributed by atoms with E-state index in [2.05, 4.69) is 5.32 Å². The minimum Gasteiger partial charge on any atom is -0.371 e. The molecule has 2 radical (unpaired) electrons. The first kappa shape index (κ1) is 10.2. The molecule has 4 heteroatoms. The average molecular weight is 201 g/mol. The number of rotatable bonds is 4. The zero-order valence-corrected chi connectivity index (χ0v) is 8.35. The molecule has 15 heavy (non-hydrogen) atoms. The molecule has 76 valence electrons. The number of epoxide rings is 1. The molecule has 0 aromatic heterocycles. The summed E-state index contributed by atoms with van der Waals surface area (Å²) in [5.74, 6) is -0.494. The van der Waals surface area contributed by atoms with E-state index < -0.39 is 5.81 Å². The van der Waals surface area contributed by atoms with Crippen molar-refractivity contribution in [3.05, 3.63) is 35.9 Å². The molecule has 1 N–H and O–H groups in total. The summed E-state index contributed by atoms with van der Waals surface area (Å²) in [4.78, 5) is 10.8. The van der Waals surface area contributed by atoms with Crippen LogP contribution < -0.4 is 5.32 Å². The van der Waals surface area contributed by atoms with Gasteiger partial charge in [0.1, 0.15) is 6.10 Å². The lowest BCUT2D eigenvalue weighted by molar-refractivity contribution is 0.251. The quantitative estimate of drug-likeness (QED) is 0.580. The fourth-order valence-corrected chi connectivity index (χ4v) is 1.61. The van der Waals surface area contributed by atoms with E-state index in [-0.39, 0.29) is 12.1 Å². The monoisotopic (exact) mass is 201 g/mol. The Labute approximate surface area is 90.2 Å². The maximum absolute atomic E-state index is 10.8. The molecule has 1 heterocycles. The molecular weight excluding hydrogens is 189 g/mol. The van der Waals surface area contributed by atoms with E-state index in [1.54, 1.807) is 0 Å². The van der Waals surface area contributed by atoms with Crippen molar-refractivity contribution in [2.75, 3.05) is 6.61 Å². The molecular formula is C11H12BNO2. The summed E-state index contributed by atoms with van der Waals surface area (Å²) in [5, 5.41) is 2.70. The highest BCUT2D eigenvalue weighted by atomic mass is 16.6. The van der Waals surface area contributed by atoms with Gasteiger partial charge < -0.3 is 10.1 Å². The summed E-state index contributed by atoms with van der Waals surface area (Å²) in [6.45, 7) is 0.706. The number of hydrogen-bond acceptors (Lipinski definition) is 2. The van der Waals surface area contributed by atoms with Crippen LogP contribution >= 0.6 is 0 Å². The third-order valence-electron chi connectivity index (χ3n) is 2.43. The Morgan fingerprint density at radius 1 is 1.53 bits per heavy atom. The van der Waals surface area contributed by atoms with E-state index in [1.165, 1.54) is 5.56 Å². The van der Waals surface area contributed by atoms with Gasteiger partial charge in [0, 0.05) is 0 Å². The Morgan fingerprint density at radius 3 is 2.73 bits per heavy atom. The summed E-state index contributed by atoms with van der Waals surface area (Å²) in [5.41, 5.74) is 1.17. The van der Waals surface area contributed by atoms with Gasteiger partial charge in [0.2, 0.25) is 7.85 Å². The molecule has 0 spiro atoms. The maximum atomic E-state index is 10.8. The van der Waals surface area contributed by atoms with Gasteiger partial charge in [0.15, 0.2) is 5.81 Å². The SMILES string of the molecule is [B]C(=O)N[C@H](Cc1ccccc1)[C@H]1CO1. The average Bonchev–Trinajstić information content (AvgIpc) is 3.01. The highest BCUT2D eigenvalue weighted by Gasteiger charge is 2.33. The highest BCUT2D eigenvalue weighted by Crippen LogP contribution is 2.17. The third kappa shape index (κ3) is 3.10. The molecule has 1 aromatic carbocycles. The van der Waals surface area contributed by atoms with Crippen molar-refractivity contribution in [2.24, 2.45) is 0 Å². The minimum atomic E-state index is -0.494. The van der Waals surface area contributed by atoms with Crippen LogP contribution in [0.1, 0.15) is 5.56 Å². The van der Waals surface area contributed by atoms with Crippen molar-refractivity contribution in [1.82, 2.24) is 5.32 Å². The molecule has 1 amide bonds. The molecule has 1 saturated heterocycles. The second kappa shape index (κ2) is 4.49. The maximum Gasteiger partial charge on any atom is 0.200 e. The van der Waals surface area contributed by atoms with Gasteiger partial charge >= 0.3 is 0 Å². The molecule has 0 bridgehead atoms. The van der Waals surface area contributed by atoms with Gasteiger partial charge in [0.25, 0.3) is 0 Å².